The number of nitrogens with one attached hydrogen (secondary N) is 1. The average Bonchev–Trinajstić information content (AvgIpc) is 3.52. The highest BCUT2D eigenvalue weighted by Gasteiger charge is 2.16. The summed E-state index contributed by atoms with van der Waals surface area (Å²) in [5.74, 6) is -0.223. The van der Waals surface area contributed by atoms with Crippen molar-refractivity contribution in [1.29, 1.82) is 0 Å². The Balaban J connectivity index is 1.44. The molecule has 0 aliphatic rings. The largest absolute Gasteiger partial charge is 0.351 e. The molecule has 4 heterocycles. The van der Waals surface area contributed by atoms with Crippen LogP contribution in [0, 0.1) is 0 Å². The summed E-state index contributed by atoms with van der Waals surface area (Å²) in [7, 11) is 0. The number of benzene rings is 1. The van der Waals surface area contributed by atoms with Gasteiger partial charge in [-0.05, 0) is 24.6 Å². The van der Waals surface area contributed by atoms with Crippen molar-refractivity contribution in [2.24, 2.45) is 0 Å². The molecule has 0 aliphatic heterocycles. The maximum atomic E-state index is 12.7. The van der Waals surface area contributed by atoms with E-state index in [2.05, 4.69) is 20.4 Å². The second-order valence-corrected chi connectivity index (χ2v) is 7.34. The summed E-state index contributed by atoms with van der Waals surface area (Å²) in [5, 5.41) is 7.49. The molecule has 158 valence electrons. The first kappa shape index (κ1) is 19.6. The van der Waals surface area contributed by atoms with Crippen LogP contribution in [0.4, 0.5) is 0 Å². The fraction of sp³-hybridized carbons (Fsp3) is 0.125. The molecule has 0 bridgehead atoms. The molecule has 0 atom stereocenters. The van der Waals surface area contributed by atoms with Gasteiger partial charge in [0.15, 0.2) is 11.3 Å². The summed E-state index contributed by atoms with van der Waals surface area (Å²) in [4.78, 5) is 25.7. The molecule has 5 rings (SSSR count). The Labute approximate surface area is 184 Å². The summed E-state index contributed by atoms with van der Waals surface area (Å²) < 4.78 is 3.68. The maximum absolute atomic E-state index is 12.7. The third kappa shape index (κ3) is 4.11. The number of fused-ring (bicyclic) bond motifs is 1. The minimum absolute atomic E-state index is 0.223. The maximum Gasteiger partial charge on any atom is 0.271 e. The number of aromatic nitrogens is 6. The molecule has 8 nitrogen and oxygen atoms in total. The van der Waals surface area contributed by atoms with Crippen molar-refractivity contribution in [3.05, 3.63) is 91.4 Å². The minimum Gasteiger partial charge on any atom is -0.351 e. The van der Waals surface area contributed by atoms with Crippen LogP contribution in [0.1, 0.15) is 16.9 Å². The number of carbonyl (C=O) groups excluding carboxylic acids is 1. The second kappa shape index (κ2) is 8.81. The van der Waals surface area contributed by atoms with E-state index in [1.807, 2.05) is 59.3 Å². The third-order valence-electron chi connectivity index (χ3n) is 5.12. The van der Waals surface area contributed by atoms with Crippen LogP contribution < -0.4 is 5.32 Å². The number of imidazole rings is 1. The summed E-state index contributed by atoms with van der Waals surface area (Å²) in [6.07, 6.45) is 9.71. The molecule has 0 unspecified atom stereocenters. The normalized spacial score (nSPS) is 11.0. The Morgan fingerprint density at radius 3 is 2.62 bits per heavy atom. The van der Waals surface area contributed by atoms with E-state index >= 15 is 0 Å². The number of hydrogen-bond acceptors (Lipinski definition) is 5. The highest BCUT2D eigenvalue weighted by atomic mass is 16.1. The molecular formula is C24H21N7O. The lowest BCUT2D eigenvalue weighted by Crippen LogP contribution is -2.25. The van der Waals surface area contributed by atoms with Crippen LogP contribution in [-0.2, 0) is 6.54 Å². The number of rotatable bonds is 7. The molecule has 0 fully saturated rings. The zero-order chi connectivity index (χ0) is 21.8. The molecule has 0 spiro atoms. The van der Waals surface area contributed by atoms with Crippen LogP contribution in [0.25, 0.3) is 28.2 Å². The molecule has 5 aromatic rings. The molecule has 1 aromatic carbocycles. The van der Waals surface area contributed by atoms with Crippen molar-refractivity contribution in [2.75, 3.05) is 6.54 Å². The summed E-state index contributed by atoms with van der Waals surface area (Å²) in [5.41, 5.74) is 4.45. The molecule has 1 amide bonds. The highest BCUT2D eigenvalue weighted by Crippen LogP contribution is 2.26. The molecule has 4 aromatic heterocycles. The lowest BCUT2D eigenvalue weighted by molar-refractivity contribution is 0.0947. The van der Waals surface area contributed by atoms with E-state index in [4.69, 9.17) is 4.98 Å². The van der Waals surface area contributed by atoms with Crippen LogP contribution >= 0.6 is 0 Å². The van der Waals surface area contributed by atoms with Crippen molar-refractivity contribution in [1.82, 2.24) is 34.4 Å². The van der Waals surface area contributed by atoms with Gasteiger partial charge in [0.1, 0.15) is 0 Å². The number of amides is 1. The van der Waals surface area contributed by atoms with Gasteiger partial charge in [-0.15, -0.1) is 0 Å². The Morgan fingerprint density at radius 1 is 0.969 bits per heavy atom. The number of carbonyl (C=O) groups is 1. The van der Waals surface area contributed by atoms with Gasteiger partial charge in [0.05, 0.1) is 17.7 Å². The van der Waals surface area contributed by atoms with Gasteiger partial charge in [0.2, 0.25) is 0 Å². The molecule has 1 N–H and O–H groups in total. The van der Waals surface area contributed by atoms with E-state index in [1.54, 1.807) is 35.5 Å². The van der Waals surface area contributed by atoms with Crippen LogP contribution in [-0.4, -0.2) is 41.6 Å². The fourth-order valence-corrected chi connectivity index (χ4v) is 3.54. The van der Waals surface area contributed by atoms with Gasteiger partial charge in [-0.1, -0.05) is 30.3 Å². The molecule has 32 heavy (non-hydrogen) atoms. The Hall–Kier alpha value is -4.33. The van der Waals surface area contributed by atoms with Crippen molar-refractivity contribution in [3.63, 3.8) is 0 Å². The fourth-order valence-electron chi connectivity index (χ4n) is 3.54. The van der Waals surface area contributed by atoms with Crippen LogP contribution in [0.3, 0.4) is 0 Å². The summed E-state index contributed by atoms with van der Waals surface area (Å²) in [6.45, 7) is 1.33. The van der Waals surface area contributed by atoms with Crippen molar-refractivity contribution in [3.8, 4) is 22.5 Å². The van der Waals surface area contributed by atoms with Crippen molar-refractivity contribution in [2.45, 2.75) is 13.0 Å². The predicted octanol–water partition coefficient (Wildman–Crippen LogP) is 3.47. The number of nitrogens with zero attached hydrogens (tertiary/aromatic N) is 6. The van der Waals surface area contributed by atoms with Gasteiger partial charge in [-0.2, -0.15) is 5.10 Å². The zero-order valence-corrected chi connectivity index (χ0v) is 17.3. The number of hydrogen-bond donors (Lipinski definition) is 1. The quantitative estimate of drug-likeness (QED) is 0.405. The first-order chi connectivity index (χ1) is 15.8. The van der Waals surface area contributed by atoms with Gasteiger partial charge in [0.25, 0.3) is 5.91 Å². The predicted molar refractivity (Wildman–Crippen MR) is 121 cm³/mol. The lowest BCUT2D eigenvalue weighted by atomic mass is 10.1. The Bertz CT molecular complexity index is 1330. The van der Waals surface area contributed by atoms with Crippen molar-refractivity contribution >= 4 is 11.6 Å². The van der Waals surface area contributed by atoms with Crippen LogP contribution in [0.5, 0.6) is 0 Å². The standard InChI is InChI=1S/C24H21N7O/c32-24(27-10-5-12-30-13-11-26-17-30)21-15-23-28-20(18-6-2-1-3-7-18)14-22(31(23)29-21)19-8-4-9-25-16-19/h1-4,6-9,11,13-17H,5,10,12H2,(H,27,32). The average molecular weight is 423 g/mol. The van der Waals surface area contributed by atoms with Gasteiger partial charge in [-0.3, -0.25) is 9.78 Å². The Kier molecular flexibility index (Phi) is 5.40. The lowest BCUT2D eigenvalue weighted by Gasteiger charge is -2.08. The minimum atomic E-state index is -0.223. The first-order valence-electron chi connectivity index (χ1n) is 10.4. The molecule has 0 radical (unpaired) electrons. The summed E-state index contributed by atoms with van der Waals surface area (Å²) in [6, 6.07) is 17.5. The Morgan fingerprint density at radius 2 is 1.84 bits per heavy atom. The van der Waals surface area contributed by atoms with E-state index in [1.165, 1.54) is 0 Å². The second-order valence-electron chi connectivity index (χ2n) is 7.34. The molecule has 8 heteroatoms. The number of pyridine rings is 1. The molecule has 0 saturated carbocycles. The monoisotopic (exact) mass is 423 g/mol. The van der Waals surface area contributed by atoms with Crippen LogP contribution in [0.2, 0.25) is 0 Å². The third-order valence-corrected chi connectivity index (χ3v) is 5.12. The van der Waals surface area contributed by atoms with Crippen LogP contribution in [0.15, 0.2) is 85.7 Å². The van der Waals surface area contributed by atoms with Crippen molar-refractivity contribution < 1.29 is 4.79 Å². The zero-order valence-electron chi connectivity index (χ0n) is 17.3. The molecular weight excluding hydrogens is 402 g/mol. The molecule has 0 saturated heterocycles. The van der Waals surface area contributed by atoms with Gasteiger partial charge in [-0.25, -0.2) is 14.5 Å². The van der Waals surface area contributed by atoms with E-state index in [9.17, 15) is 4.79 Å². The highest BCUT2D eigenvalue weighted by molar-refractivity contribution is 5.93. The number of aryl methyl sites for hydroxylation is 1. The van der Waals surface area contributed by atoms with Gasteiger partial charge < -0.3 is 9.88 Å². The topological polar surface area (TPSA) is 90.0 Å². The first-order valence-corrected chi connectivity index (χ1v) is 10.4. The van der Waals surface area contributed by atoms with Gasteiger partial charge in [0, 0.05) is 55.1 Å². The van der Waals surface area contributed by atoms with E-state index in [-0.39, 0.29) is 5.91 Å². The van der Waals surface area contributed by atoms with E-state index in [0.29, 0.717) is 17.9 Å². The van der Waals surface area contributed by atoms with E-state index < -0.39 is 0 Å². The summed E-state index contributed by atoms with van der Waals surface area (Å²) >= 11 is 0. The van der Waals surface area contributed by atoms with E-state index in [0.717, 1.165) is 35.5 Å². The SMILES string of the molecule is O=C(NCCCn1ccnc1)c1cc2nc(-c3ccccc3)cc(-c3cccnc3)n2n1. The smallest absolute Gasteiger partial charge is 0.271 e. The van der Waals surface area contributed by atoms with Gasteiger partial charge >= 0.3 is 0 Å². The molecule has 0 aliphatic carbocycles.